The van der Waals surface area contributed by atoms with Crippen LogP contribution in [0.1, 0.15) is 10.4 Å². The molecule has 3 rings (SSSR count). The number of hydrogen-bond donors (Lipinski definition) is 1. The molecule has 0 spiro atoms. The number of aromatic nitrogens is 2. The summed E-state index contributed by atoms with van der Waals surface area (Å²) >= 11 is 7.77. The van der Waals surface area contributed by atoms with Gasteiger partial charge in [-0.1, -0.05) is 23.7 Å². The zero-order valence-corrected chi connectivity index (χ0v) is 13.5. The predicted octanol–water partition coefficient (Wildman–Crippen LogP) is 3.87. The number of hydrogen-bond acceptors (Lipinski definition) is 4. The zero-order valence-electron chi connectivity index (χ0n) is 11.9. The highest BCUT2D eigenvalue weighted by molar-refractivity contribution is 7.09. The van der Waals surface area contributed by atoms with Gasteiger partial charge in [-0.2, -0.15) is 0 Å². The van der Waals surface area contributed by atoms with Gasteiger partial charge in [0, 0.05) is 22.3 Å². The summed E-state index contributed by atoms with van der Waals surface area (Å²) in [6.45, 7) is 2.51. The van der Waals surface area contributed by atoms with E-state index in [4.69, 9.17) is 11.6 Å². The minimum absolute atomic E-state index is 0.195. The van der Waals surface area contributed by atoms with E-state index in [9.17, 15) is 4.79 Å². The molecular formula is C16H14ClN3OS. The lowest BCUT2D eigenvalue weighted by Crippen LogP contribution is -2.22. The van der Waals surface area contributed by atoms with Crippen LogP contribution in [0.15, 0.2) is 52.9 Å². The molecule has 0 amide bonds. The van der Waals surface area contributed by atoms with Crippen LogP contribution in [0.4, 0.5) is 5.82 Å². The monoisotopic (exact) mass is 331 g/mol. The van der Waals surface area contributed by atoms with E-state index in [0.29, 0.717) is 17.4 Å². The lowest BCUT2D eigenvalue weighted by Gasteiger charge is -2.09. The molecule has 1 aromatic carbocycles. The molecule has 6 heteroatoms. The summed E-state index contributed by atoms with van der Waals surface area (Å²) in [5, 5.41) is 5.72. The fourth-order valence-corrected chi connectivity index (χ4v) is 2.87. The van der Waals surface area contributed by atoms with E-state index in [-0.39, 0.29) is 5.56 Å². The Balaban J connectivity index is 1.91. The second-order valence-corrected chi connectivity index (χ2v) is 6.26. The predicted molar refractivity (Wildman–Crippen MR) is 91.2 cm³/mol. The molecule has 0 radical (unpaired) electrons. The van der Waals surface area contributed by atoms with Crippen LogP contribution in [-0.2, 0) is 6.54 Å². The third-order valence-electron chi connectivity index (χ3n) is 3.28. The number of halogens is 1. The van der Waals surface area contributed by atoms with Gasteiger partial charge in [-0.3, -0.25) is 9.36 Å². The molecule has 3 aromatic rings. The second kappa shape index (κ2) is 6.34. The van der Waals surface area contributed by atoms with Gasteiger partial charge < -0.3 is 5.32 Å². The van der Waals surface area contributed by atoms with E-state index in [1.165, 1.54) is 4.57 Å². The fraction of sp³-hybridized carbons (Fsp3) is 0.125. The summed E-state index contributed by atoms with van der Waals surface area (Å²) in [5.41, 5.74) is 1.50. The largest absolute Gasteiger partial charge is 0.361 e. The summed E-state index contributed by atoms with van der Waals surface area (Å²) in [5.74, 6) is 0.326. The van der Waals surface area contributed by atoms with Gasteiger partial charge in [0.1, 0.15) is 0 Å². The van der Waals surface area contributed by atoms with E-state index in [1.54, 1.807) is 29.8 Å². The van der Waals surface area contributed by atoms with E-state index < -0.39 is 0 Å². The molecule has 0 unspecified atom stereocenters. The van der Waals surface area contributed by atoms with Gasteiger partial charge in [0.25, 0.3) is 5.56 Å². The molecule has 0 atom stereocenters. The van der Waals surface area contributed by atoms with Gasteiger partial charge in [0.15, 0.2) is 5.82 Å². The maximum absolute atomic E-state index is 12.5. The Morgan fingerprint density at radius 2 is 2.23 bits per heavy atom. The summed E-state index contributed by atoms with van der Waals surface area (Å²) in [7, 11) is 0. The average Bonchev–Trinajstić information content (AvgIpc) is 3.02. The maximum Gasteiger partial charge on any atom is 0.297 e. The molecule has 0 aliphatic rings. The highest BCUT2D eigenvalue weighted by Gasteiger charge is 2.07. The molecule has 112 valence electrons. The average molecular weight is 332 g/mol. The number of nitrogens with zero attached hydrogens (tertiary/aromatic N) is 2. The zero-order chi connectivity index (χ0) is 15.5. The third kappa shape index (κ3) is 3.05. The van der Waals surface area contributed by atoms with Crippen LogP contribution in [0.2, 0.25) is 5.02 Å². The van der Waals surface area contributed by atoms with Crippen molar-refractivity contribution >= 4 is 28.8 Å². The SMILES string of the molecule is Cc1ccc(-n2ccnc(NCc3cccs3)c2=O)cc1Cl. The van der Waals surface area contributed by atoms with Crippen molar-refractivity contribution in [1.29, 1.82) is 0 Å². The number of thiophene rings is 1. The fourth-order valence-electron chi connectivity index (χ4n) is 2.05. The highest BCUT2D eigenvalue weighted by Crippen LogP contribution is 2.18. The van der Waals surface area contributed by atoms with Crippen molar-refractivity contribution in [2.45, 2.75) is 13.5 Å². The van der Waals surface area contributed by atoms with Gasteiger partial charge in [-0.05, 0) is 36.1 Å². The Morgan fingerprint density at radius 3 is 2.95 bits per heavy atom. The Kier molecular flexibility index (Phi) is 4.27. The Labute approximate surface area is 137 Å². The number of nitrogens with one attached hydrogen (secondary N) is 1. The van der Waals surface area contributed by atoms with Gasteiger partial charge in [0.2, 0.25) is 0 Å². The molecule has 0 saturated carbocycles. The summed E-state index contributed by atoms with van der Waals surface area (Å²) < 4.78 is 1.54. The smallest absolute Gasteiger partial charge is 0.297 e. The van der Waals surface area contributed by atoms with Crippen LogP contribution in [-0.4, -0.2) is 9.55 Å². The second-order valence-electron chi connectivity index (χ2n) is 4.82. The standard InChI is InChI=1S/C16H14ClN3OS/c1-11-4-5-12(9-14(11)17)20-7-6-18-15(16(20)21)19-10-13-3-2-8-22-13/h2-9H,10H2,1H3,(H,18,19). The minimum Gasteiger partial charge on any atom is -0.361 e. The molecule has 2 heterocycles. The van der Waals surface area contributed by atoms with E-state index in [1.807, 2.05) is 36.6 Å². The van der Waals surface area contributed by atoms with Crippen LogP contribution in [0, 0.1) is 6.92 Å². The first-order valence-electron chi connectivity index (χ1n) is 6.75. The third-order valence-corrected chi connectivity index (χ3v) is 4.57. The molecule has 1 N–H and O–H groups in total. The van der Waals surface area contributed by atoms with Crippen LogP contribution in [0.3, 0.4) is 0 Å². The molecule has 0 bridgehead atoms. The van der Waals surface area contributed by atoms with Crippen molar-refractivity contribution in [3.63, 3.8) is 0 Å². The Hall–Kier alpha value is -2.11. The highest BCUT2D eigenvalue weighted by atomic mass is 35.5. The molecule has 0 aliphatic carbocycles. The van der Waals surface area contributed by atoms with Crippen molar-refractivity contribution in [1.82, 2.24) is 9.55 Å². The molecule has 0 fully saturated rings. The lowest BCUT2D eigenvalue weighted by molar-refractivity contribution is 0.946. The van der Waals surface area contributed by atoms with Gasteiger partial charge >= 0.3 is 0 Å². The first-order chi connectivity index (χ1) is 10.6. The number of aryl methyl sites for hydroxylation is 1. The molecule has 0 aliphatic heterocycles. The van der Waals surface area contributed by atoms with E-state index >= 15 is 0 Å². The first-order valence-corrected chi connectivity index (χ1v) is 8.01. The summed E-state index contributed by atoms with van der Waals surface area (Å²) in [4.78, 5) is 17.8. The molecule has 2 aromatic heterocycles. The number of benzene rings is 1. The van der Waals surface area contributed by atoms with Crippen LogP contribution in [0.5, 0.6) is 0 Å². The van der Waals surface area contributed by atoms with Crippen LogP contribution < -0.4 is 10.9 Å². The van der Waals surface area contributed by atoms with E-state index in [0.717, 1.165) is 16.1 Å². The van der Waals surface area contributed by atoms with Crippen molar-refractivity contribution < 1.29 is 0 Å². The number of anilines is 1. The Bertz CT molecular complexity index is 843. The topological polar surface area (TPSA) is 46.9 Å². The van der Waals surface area contributed by atoms with Crippen LogP contribution >= 0.6 is 22.9 Å². The maximum atomic E-state index is 12.5. The normalized spacial score (nSPS) is 10.6. The van der Waals surface area contributed by atoms with Crippen molar-refractivity contribution in [2.75, 3.05) is 5.32 Å². The van der Waals surface area contributed by atoms with Gasteiger partial charge in [-0.15, -0.1) is 11.3 Å². The molecule has 22 heavy (non-hydrogen) atoms. The van der Waals surface area contributed by atoms with Crippen LogP contribution in [0.25, 0.3) is 5.69 Å². The molecular weight excluding hydrogens is 318 g/mol. The minimum atomic E-state index is -0.195. The van der Waals surface area contributed by atoms with Crippen molar-refractivity contribution in [3.8, 4) is 5.69 Å². The van der Waals surface area contributed by atoms with Crippen molar-refractivity contribution in [2.24, 2.45) is 0 Å². The quantitative estimate of drug-likeness (QED) is 0.789. The molecule has 0 saturated heterocycles. The van der Waals surface area contributed by atoms with Gasteiger partial charge in [-0.25, -0.2) is 4.98 Å². The van der Waals surface area contributed by atoms with Gasteiger partial charge in [0.05, 0.1) is 12.2 Å². The lowest BCUT2D eigenvalue weighted by atomic mass is 10.2. The summed E-state index contributed by atoms with van der Waals surface area (Å²) in [6.07, 6.45) is 3.24. The Morgan fingerprint density at radius 1 is 1.36 bits per heavy atom. The number of rotatable bonds is 4. The summed E-state index contributed by atoms with van der Waals surface area (Å²) in [6, 6.07) is 9.53. The van der Waals surface area contributed by atoms with Crippen molar-refractivity contribution in [3.05, 3.63) is 73.9 Å². The van der Waals surface area contributed by atoms with E-state index in [2.05, 4.69) is 10.3 Å². The molecule has 4 nitrogen and oxygen atoms in total. The first kappa shape index (κ1) is 14.8.